The van der Waals surface area contributed by atoms with Crippen LogP contribution in [0.4, 0.5) is 30.7 Å². The Morgan fingerprint density at radius 3 is 1.45 bits per heavy atom. The molecule has 0 bridgehead atoms. The summed E-state index contributed by atoms with van der Waals surface area (Å²) in [6.45, 7) is 0. The van der Waals surface area contributed by atoms with Gasteiger partial charge in [-0.2, -0.15) is 0 Å². The topological polar surface area (TPSA) is 0 Å². The van der Waals surface area contributed by atoms with Crippen LogP contribution in [0.3, 0.4) is 0 Å². The van der Waals surface area contributed by atoms with E-state index in [-0.39, 0.29) is 13.2 Å². The average Bonchev–Trinajstić information content (AvgIpc) is 2.38. The third kappa shape index (κ3) is 3.17. The Morgan fingerprint density at radius 1 is 0.600 bits per heavy atom. The Labute approximate surface area is 128 Å². The summed E-state index contributed by atoms with van der Waals surface area (Å²) in [5.74, 6) is -14.9. The van der Waals surface area contributed by atoms with Crippen molar-refractivity contribution in [3.8, 4) is 0 Å². The molecule has 0 aliphatic rings. The van der Waals surface area contributed by atoms with Crippen molar-refractivity contribution in [2.45, 2.75) is 0 Å². The summed E-state index contributed by atoms with van der Waals surface area (Å²) in [5, 5.41) is -3.16. The molecule has 0 saturated heterocycles. The van der Waals surface area contributed by atoms with E-state index in [0.29, 0.717) is 0 Å². The summed E-state index contributed by atoms with van der Waals surface area (Å²) in [5.41, 5.74) is 0. The Kier molecular flexibility index (Phi) is 6.40. The molecule has 0 aromatic heterocycles. The summed E-state index contributed by atoms with van der Waals surface area (Å²) in [6, 6.07) is 1.09. The van der Waals surface area contributed by atoms with Crippen LogP contribution < -0.4 is 0 Å². The average molecular weight is 478 g/mol. The van der Waals surface area contributed by atoms with Crippen LogP contribution in [0, 0.1) is 46.8 Å². The molecule has 0 fully saturated rings. The van der Waals surface area contributed by atoms with Crippen LogP contribution in [0.1, 0.15) is 0 Å². The van der Waals surface area contributed by atoms with Gasteiger partial charge in [-0.05, 0) is 0 Å². The van der Waals surface area contributed by atoms with Crippen molar-refractivity contribution in [2.75, 3.05) is 0 Å². The normalized spacial score (nSPS) is 10.1. The molecule has 1 radical (unpaired) electrons. The zero-order valence-electron chi connectivity index (χ0n) is 9.11. The van der Waals surface area contributed by atoms with Crippen molar-refractivity contribution < 1.29 is 43.9 Å². The van der Waals surface area contributed by atoms with Gasteiger partial charge >= 0.3 is 40.5 Å². The predicted molar refractivity (Wildman–Crippen MR) is 60.3 cm³/mol. The van der Waals surface area contributed by atoms with E-state index in [1.165, 1.54) is 0 Å². The van der Waals surface area contributed by atoms with Crippen LogP contribution in [-0.2, 0) is 13.2 Å². The van der Waals surface area contributed by atoms with Gasteiger partial charge in [0, 0.05) is 0 Å². The summed E-state index contributed by atoms with van der Waals surface area (Å²) >= 11 is 6.25. The molecule has 0 aliphatic carbocycles. The SMILES string of the molecule is Fc1[c]c(F)c2c(F)c(F)c(F)c(F)c2c1F.[Br][Zn][Br]. The number of benzene rings is 2. The molecule has 0 saturated carbocycles. The monoisotopic (exact) mass is 475 g/mol. The molecule has 20 heavy (non-hydrogen) atoms. The van der Waals surface area contributed by atoms with E-state index in [9.17, 15) is 30.7 Å². The fourth-order valence-corrected chi connectivity index (χ4v) is 1.37. The summed E-state index contributed by atoms with van der Waals surface area (Å²) in [6.07, 6.45) is 0. The van der Waals surface area contributed by atoms with E-state index in [1.807, 2.05) is 0 Å². The van der Waals surface area contributed by atoms with Gasteiger partial charge in [0.15, 0.2) is 34.9 Å². The Bertz CT molecular complexity index is 662. The van der Waals surface area contributed by atoms with Crippen molar-refractivity contribution in [1.29, 1.82) is 0 Å². The quantitative estimate of drug-likeness (QED) is 0.209. The first kappa shape index (κ1) is 17.8. The second-order valence-corrected chi connectivity index (χ2v) is 17.2. The first-order chi connectivity index (χ1) is 9.27. The van der Waals surface area contributed by atoms with Gasteiger partial charge in [0.2, 0.25) is 0 Å². The minimum absolute atomic E-state index is 0.250. The standard InChI is InChI=1S/C10F7.2BrH.Zn/c11-2-1-3(12)6(13)5-4(2)7(14)9(16)10(17)8(5)15;;;/h;2*1H;/q;;;+2/p-2. The molecule has 0 amide bonds. The molecule has 0 atom stereocenters. The Hall–Kier alpha value is -0.207. The third-order valence-electron chi connectivity index (χ3n) is 2.12. The molecular weight excluding hydrogens is 478 g/mol. The maximum atomic E-state index is 13.1. The van der Waals surface area contributed by atoms with Gasteiger partial charge in [-0.1, -0.05) is 0 Å². The number of rotatable bonds is 0. The number of hydrogen-bond acceptors (Lipinski definition) is 0. The van der Waals surface area contributed by atoms with Gasteiger partial charge in [-0.25, -0.2) is 30.7 Å². The fraction of sp³-hybridized carbons (Fsp3) is 0. The number of hydrogen-bond donors (Lipinski definition) is 0. The van der Waals surface area contributed by atoms with Gasteiger partial charge in [0.25, 0.3) is 0 Å². The Morgan fingerprint density at radius 2 is 1.00 bits per heavy atom. The van der Waals surface area contributed by atoms with Crippen LogP contribution in [0.15, 0.2) is 0 Å². The first-order valence-electron chi connectivity index (χ1n) is 4.61. The van der Waals surface area contributed by atoms with E-state index in [1.54, 1.807) is 0 Å². The zero-order valence-corrected chi connectivity index (χ0v) is 15.2. The first-order valence-corrected chi connectivity index (χ1v) is 18.5. The van der Waals surface area contributed by atoms with Gasteiger partial charge in [0.1, 0.15) is 5.82 Å². The van der Waals surface area contributed by atoms with E-state index in [0.717, 1.165) is 6.07 Å². The van der Waals surface area contributed by atoms with E-state index < -0.39 is 51.5 Å². The maximum absolute atomic E-state index is 13.1. The van der Waals surface area contributed by atoms with E-state index in [2.05, 4.69) is 27.2 Å². The molecule has 0 heterocycles. The van der Waals surface area contributed by atoms with Gasteiger partial charge in [0.05, 0.1) is 16.8 Å². The van der Waals surface area contributed by atoms with Crippen molar-refractivity contribution in [3.63, 3.8) is 0 Å². The van der Waals surface area contributed by atoms with Crippen molar-refractivity contribution in [1.82, 2.24) is 0 Å². The number of halogens is 9. The molecule has 2 aromatic rings. The fourth-order valence-electron chi connectivity index (χ4n) is 1.37. The summed E-state index contributed by atoms with van der Waals surface area (Å²) in [7, 11) is 0. The van der Waals surface area contributed by atoms with Crippen LogP contribution in [0.5, 0.6) is 0 Å². The van der Waals surface area contributed by atoms with Crippen LogP contribution in [0.25, 0.3) is 10.8 Å². The van der Waals surface area contributed by atoms with E-state index in [4.69, 9.17) is 0 Å². The predicted octanol–water partition coefficient (Wildman–Crippen LogP) is 5.30. The number of fused-ring (bicyclic) bond motifs is 1. The van der Waals surface area contributed by atoms with Gasteiger partial charge in [-0.3, -0.25) is 0 Å². The zero-order chi connectivity index (χ0) is 15.6. The molecular formula is C10Br2F7Zn. The third-order valence-corrected chi connectivity index (χ3v) is 2.12. The molecule has 2 rings (SSSR count). The molecule has 0 nitrogen and oxygen atoms in total. The van der Waals surface area contributed by atoms with Gasteiger partial charge in [-0.15, -0.1) is 0 Å². The molecule has 2 aromatic carbocycles. The molecule has 105 valence electrons. The van der Waals surface area contributed by atoms with Gasteiger partial charge < -0.3 is 0 Å². The van der Waals surface area contributed by atoms with E-state index >= 15 is 0 Å². The van der Waals surface area contributed by atoms with Crippen molar-refractivity contribution >= 4 is 38.0 Å². The Balaban J connectivity index is 0.000000612. The summed E-state index contributed by atoms with van der Waals surface area (Å²) in [4.78, 5) is 0. The van der Waals surface area contributed by atoms with Crippen molar-refractivity contribution in [3.05, 3.63) is 46.8 Å². The van der Waals surface area contributed by atoms with Crippen LogP contribution in [-0.4, -0.2) is 0 Å². The molecule has 10 heteroatoms. The molecule has 0 spiro atoms. The molecule has 0 aliphatic heterocycles. The second kappa shape index (κ2) is 7.18. The van der Waals surface area contributed by atoms with Crippen LogP contribution in [0.2, 0.25) is 0 Å². The minimum atomic E-state index is -2.35. The summed E-state index contributed by atoms with van der Waals surface area (Å²) < 4.78 is 90.4. The molecule has 0 N–H and O–H groups in total. The second-order valence-electron chi connectivity index (χ2n) is 3.17. The van der Waals surface area contributed by atoms with Crippen LogP contribution >= 0.6 is 27.2 Å². The van der Waals surface area contributed by atoms with Crippen molar-refractivity contribution in [2.24, 2.45) is 0 Å². The molecule has 0 unspecified atom stereocenters.